The largest absolute Gasteiger partial charge is 0.385 e. The number of imidazole rings is 1. The number of rotatable bonds is 3. The second-order valence-electron chi connectivity index (χ2n) is 3.63. The fourth-order valence-electron chi connectivity index (χ4n) is 1.86. The summed E-state index contributed by atoms with van der Waals surface area (Å²) in [6.07, 6.45) is 0.237. The van der Waals surface area contributed by atoms with Crippen LogP contribution >= 0.6 is 12.4 Å². The van der Waals surface area contributed by atoms with E-state index in [-0.39, 0.29) is 12.4 Å². The van der Waals surface area contributed by atoms with Crippen LogP contribution in [0.15, 0.2) is 24.3 Å². The van der Waals surface area contributed by atoms with E-state index in [4.69, 9.17) is 0 Å². The summed E-state index contributed by atoms with van der Waals surface area (Å²) in [5.74, 6) is 0.779. The Morgan fingerprint density at radius 3 is 2.62 bits per heavy atom. The van der Waals surface area contributed by atoms with Gasteiger partial charge in [-0.15, -0.1) is 12.4 Å². The van der Waals surface area contributed by atoms with Crippen molar-refractivity contribution < 1.29 is 5.11 Å². The van der Waals surface area contributed by atoms with Crippen LogP contribution in [0.2, 0.25) is 0 Å². The van der Waals surface area contributed by atoms with E-state index in [0.29, 0.717) is 6.42 Å². The van der Waals surface area contributed by atoms with Gasteiger partial charge in [0.25, 0.3) is 0 Å². The normalized spacial score (nSPS) is 12.4. The van der Waals surface area contributed by atoms with Gasteiger partial charge in [0.15, 0.2) is 0 Å². The first-order chi connectivity index (χ1) is 7.27. The van der Waals surface area contributed by atoms with Crippen LogP contribution in [0.1, 0.15) is 32.2 Å². The molecule has 0 aliphatic carbocycles. The van der Waals surface area contributed by atoms with Gasteiger partial charge in [-0.1, -0.05) is 19.1 Å². The predicted octanol–water partition coefficient (Wildman–Crippen LogP) is 2.92. The third-order valence-corrected chi connectivity index (χ3v) is 2.69. The summed E-state index contributed by atoms with van der Waals surface area (Å²) >= 11 is 0. The third kappa shape index (κ3) is 2.06. The summed E-state index contributed by atoms with van der Waals surface area (Å²) in [5.41, 5.74) is 2.06. The average Bonchev–Trinajstić information content (AvgIpc) is 2.66. The van der Waals surface area contributed by atoms with Gasteiger partial charge in [0, 0.05) is 6.54 Å². The highest BCUT2D eigenvalue weighted by molar-refractivity contribution is 5.85. The first kappa shape index (κ1) is 13.0. The van der Waals surface area contributed by atoms with Crippen molar-refractivity contribution in [3.63, 3.8) is 0 Å². The maximum Gasteiger partial charge on any atom is 0.138 e. The Hall–Kier alpha value is -1.06. The molecule has 1 heterocycles. The van der Waals surface area contributed by atoms with E-state index in [1.807, 2.05) is 31.2 Å². The van der Waals surface area contributed by atoms with Crippen molar-refractivity contribution in [2.45, 2.75) is 32.9 Å². The van der Waals surface area contributed by atoms with E-state index in [1.165, 1.54) is 0 Å². The van der Waals surface area contributed by atoms with Crippen molar-refractivity contribution >= 4 is 23.4 Å². The van der Waals surface area contributed by atoms with Crippen molar-refractivity contribution in [1.29, 1.82) is 0 Å². The summed E-state index contributed by atoms with van der Waals surface area (Å²) in [6.45, 7) is 4.87. The van der Waals surface area contributed by atoms with Crippen molar-refractivity contribution in [3.05, 3.63) is 30.1 Å². The summed E-state index contributed by atoms with van der Waals surface area (Å²) < 4.78 is 2.07. The number of hydrogen-bond acceptors (Lipinski definition) is 2. The lowest BCUT2D eigenvalue weighted by atomic mass is 10.2. The molecule has 1 atom stereocenters. The Bertz CT molecular complexity index is 467. The van der Waals surface area contributed by atoms with Gasteiger partial charge in [-0.25, -0.2) is 4.98 Å². The van der Waals surface area contributed by atoms with Crippen LogP contribution in [0.5, 0.6) is 0 Å². The zero-order valence-corrected chi connectivity index (χ0v) is 10.4. The number of nitrogens with zero attached hydrogens (tertiary/aromatic N) is 2. The molecule has 0 aliphatic rings. The minimum absolute atomic E-state index is 0. The molecule has 2 aromatic rings. The van der Waals surface area contributed by atoms with E-state index < -0.39 is 6.10 Å². The van der Waals surface area contributed by atoms with Gasteiger partial charge < -0.3 is 9.67 Å². The van der Waals surface area contributed by atoms with Crippen LogP contribution in [-0.2, 0) is 6.54 Å². The Morgan fingerprint density at radius 1 is 1.31 bits per heavy atom. The van der Waals surface area contributed by atoms with Crippen LogP contribution in [0, 0.1) is 0 Å². The van der Waals surface area contributed by atoms with Crippen LogP contribution < -0.4 is 0 Å². The molecule has 4 heteroatoms. The smallest absolute Gasteiger partial charge is 0.138 e. The van der Waals surface area contributed by atoms with Gasteiger partial charge in [-0.2, -0.15) is 0 Å². The highest BCUT2D eigenvalue weighted by atomic mass is 35.5. The van der Waals surface area contributed by atoms with Gasteiger partial charge >= 0.3 is 0 Å². The summed E-state index contributed by atoms with van der Waals surface area (Å²) in [5, 5.41) is 9.86. The molecule has 3 nitrogen and oxygen atoms in total. The number of aliphatic hydroxyl groups excluding tert-OH is 1. The van der Waals surface area contributed by atoms with Gasteiger partial charge in [0.2, 0.25) is 0 Å². The van der Waals surface area contributed by atoms with E-state index in [2.05, 4.69) is 16.5 Å². The van der Waals surface area contributed by atoms with Crippen molar-refractivity contribution in [2.24, 2.45) is 0 Å². The number of hydrogen-bond donors (Lipinski definition) is 1. The molecule has 2 rings (SSSR count). The third-order valence-electron chi connectivity index (χ3n) is 2.69. The number of aryl methyl sites for hydroxylation is 1. The molecule has 88 valence electrons. The fourth-order valence-corrected chi connectivity index (χ4v) is 1.86. The molecule has 0 amide bonds. The minimum atomic E-state index is -0.461. The van der Waals surface area contributed by atoms with E-state index in [9.17, 15) is 5.11 Å². The van der Waals surface area contributed by atoms with Crippen LogP contribution in [0.25, 0.3) is 11.0 Å². The quantitative estimate of drug-likeness (QED) is 0.896. The lowest BCUT2D eigenvalue weighted by molar-refractivity contribution is 0.160. The molecular weight excluding hydrogens is 224 g/mol. The topological polar surface area (TPSA) is 38.1 Å². The number of benzene rings is 1. The van der Waals surface area contributed by atoms with Crippen molar-refractivity contribution in [2.75, 3.05) is 0 Å². The van der Waals surface area contributed by atoms with Crippen LogP contribution in [0.3, 0.4) is 0 Å². The van der Waals surface area contributed by atoms with Crippen molar-refractivity contribution in [1.82, 2.24) is 9.55 Å². The van der Waals surface area contributed by atoms with Gasteiger partial charge in [0.1, 0.15) is 11.9 Å². The van der Waals surface area contributed by atoms with Gasteiger partial charge in [-0.3, -0.25) is 0 Å². The highest BCUT2D eigenvalue weighted by Gasteiger charge is 2.14. The van der Waals surface area contributed by atoms with Crippen molar-refractivity contribution in [3.8, 4) is 0 Å². The minimum Gasteiger partial charge on any atom is -0.385 e. The number of aromatic nitrogens is 2. The molecule has 16 heavy (non-hydrogen) atoms. The lowest BCUT2D eigenvalue weighted by Crippen LogP contribution is -2.06. The van der Waals surface area contributed by atoms with E-state index in [0.717, 1.165) is 23.4 Å². The SMILES string of the molecule is CCC(O)c1nc2ccccc2n1CC.Cl. The predicted molar refractivity (Wildman–Crippen MR) is 67.9 cm³/mol. The Balaban J connectivity index is 0.00000128. The second-order valence-corrected chi connectivity index (χ2v) is 3.63. The molecule has 1 unspecified atom stereocenters. The Labute approximate surface area is 102 Å². The summed E-state index contributed by atoms with van der Waals surface area (Å²) in [6, 6.07) is 7.99. The Kier molecular flexibility index (Phi) is 4.33. The monoisotopic (exact) mass is 240 g/mol. The molecule has 1 N–H and O–H groups in total. The summed E-state index contributed by atoms with van der Waals surface area (Å²) in [7, 11) is 0. The number of aliphatic hydroxyl groups is 1. The zero-order valence-electron chi connectivity index (χ0n) is 9.55. The zero-order chi connectivity index (χ0) is 10.8. The summed E-state index contributed by atoms with van der Waals surface area (Å²) in [4.78, 5) is 4.47. The molecule has 0 fully saturated rings. The average molecular weight is 241 g/mol. The molecule has 0 saturated carbocycles. The highest BCUT2D eigenvalue weighted by Crippen LogP contribution is 2.22. The van der Waals surface area contributed by atoms with Gasteiger partial charge in [0.05, 0.1) is 11.0 Å². The molecule has 1 aromatic heterocycles. The van der Waals surface area contributed by atoms with E-state index in [1.54, 1.807) is 0 Å². The molecule has 1 aromatic carbocycles. The maximum atomic E-state index is 9.86. The molecular formula is C12H17ClN2O. The second kappa shape index (κ2) is 5.32. The fraction of sp³-hybridized carbons (Fsp3) is 0.417. The van der Waals surface area contributed by atoms with Gasteiger partial charge in [-0.05, 0) is 25.5 Å². The first-order valence-corrected chi connectivity index (χ1v) is 5.41. The number of halogens is 1. The molecule has 0 bridgehead atoms. The molecule has 0 saturated heterocycles. The molecule has 0 spiro atoms. The van der Waals surface area contributed by atoms with Crippen LogP contribution in [0.4, 0.5) is 0 Å². The standard InChI is InChI=1S/C12H16N2O.ClH/c1-3-11(15)12-13-9-7-5-6-8-10(9)14(12)4-2;/h5-8,11,15H,3-4H2,1-2H3;1H. The number of para-hydroxylation sites is 2. The molecule has 0 aliphatic heterocycles. The Morgan fingerprint density at radius 2 is 2.00 bits per heavy atom. The van der Waals surface area contributed by atoms with E-state index >= 15 is 0 Å². The van der Waals surface area contributed by atoms with Crippen LogP contribution in [-0.4, -0.2) is 14.7 Å². The lowest BCUT2D eigenvalue weighted by Gasteiger charge is -2.09. The molecule has 0 radical (unpaired) electrons. The first-order valence-electron chi connectivity index (χ1n) is 5.41. The maximum absolute atomic E-state index is 9.86. The number of fused-ring (bicyclic) bond motifs is 1.